The van der Waals surface area contributed by atoms with Crippen LogP contribution in [0.5, 0.6) is 5.88 Å². The largest absolute Gasteiger partial charge is 0.481 e. The maximum Gasteiger partial charge on any atom is 0.262 e. The lowest BCUT2D eigenvalue weighted by molar-refractivity contribution is 0.387. The highest BCUT2D eigenvalue weighted by Crippen LogP contribution is 2.35. The second kappa shape index (κ2) is 5.59. The van der Waals surface area contributed by atoms with E-state index in [1.54, 1.807) is 20.0 Å². The number of hydrogen-bond acceptors (Lipinski definition) is 6. The summed E-state index contributed by atoms with van der Waals surface area (Å²) in [6.45, 7) is 1.74. The molecule has 2 aromatic heterocycles. The van der Waals surface area contributed by atoms with Gasteiger partial charge in [-0.25, -0.2) is 13.4 Å². The molecule has 0 radical (unpaired) electrons. The van der Waals surface area contributed by atoms with Crippen LogP contribution in [0.25, 0.3) is 11.0 Å². The smallest absolute Gasteiger partial charge is 0.262 e. The topological polar surface area (TPSA) is 91.2 Å². The van der Waals surface area contributed by atoms with Crippen LogP contribution in [-0.2, 0) is 16.9 Å². The zero-order valence-corrected chi connectivity index (χ0v) is 14.2. The standard InChI is InChI=1S/C15H19N3O4S/c1-9-16-13-12(15(19)18(9)2)8-11(14(17-13)22-3)10-4-6-23(20,21)7-5-10/h8,10H,4-7H2,1-3H3. The summed E-state index contributed by atoms with van der Waals surface area (Å²) < 4.78 is 30.1. The first-order valence-corrected chi connectivity index (χ1v) is 9.27. The third-order valence-corrected chi connectivity index (χ3v) is 6.19. The molecule has 0 saturated carbocycles. The number of ether oxygens (including phenoxy) is 1. The van der Waals surface area contributed by atoms with Crippen LogP contribution in [0.1, 0.15) is 30.1 Å². The number of fused-ring (bicyclic) bond motifs is 1. The first kappa shape index (κ1) is 15.9. The van der Waals surface area contributed by atoms with E-state index in [1.807, 2.05) is 0 Å². The Kier molecular flexibility index (Phi) is 3.87. The fraction of sp³-hybridized carbons (Fsp3) is 0.533. The normalized spacial score (nSPS) is 18.2. The Bertz CT molecular complexity index is 920. The van der Waals surface area contributed by atoms with Crippen LogP contribution in [0.15, 0.2) is 10.9 Å². The van der Waals surface area contributed by atoms with Gasteiger partial charge in [0.15, 0.2) is 5.65 Å². The molecular weight excluding hydrogens is 318 g/mol. The van der Waals surface area contributed by atoms with Gasteiger partial charge in [-0.1, -0.05) is 0 Å². The summed E-state index contributed by atoms with van der Waals surface area (Å²) in [5.41, 5.74) is 0.986. The highest BCUT2D eigenvalue weighted by Gasteiger charge is 2.28. The second-order valence-electron chi connectivity index (χ2n) is 5.91. The summed E-state index contributed by atoms with van der Waals surface area (Å²) in [5.74, 6) is 1.33. The van der Waals surface area contributed by atoms with Gasteiger partial charge in [-0.15, -0.1) is 0 Å². The van der Waals surface area contributed by atoms with Gasteiger partial charge in [0, 0.05) is 12.6 Å². The first-order chi connectivity index (χ1) is 10.8. The number of aromatic nitrogens is 3. The molecule has 23 heavy (non-hydrogen) atoms. The van der Waals surface area contributed by atoms with Gasteiger partial charge in [0.1, 0.15) is 15.7 Å². The van der Waals surface area contributed by atoms with Gasteiger partial charge in [-0.3, -0.25) is 9.36 Å². The lowest BCUT2D eigenvalue weighted by atomic mass is 9.93. The van der Waals surface area contributed by atoms with Crippen molar-refractivity contribution in [3.63, 3.8) is 0 Å². The fourth-order valence-electron chi connectivity index (χ4n) is 2.96. The van der Waals surface area contributed by atoms with E-state index in [2.05, 4.69) is 9.97 Å². The molecule has 1 aliphatic rings. The van der Waals surface area contributed by atoms with Crippen LogP contribution in [0.2, 0.25) is 0 Å². The zero-order chi connectivity index (χ0) is 16.8. The maximum absolute atomic E-state index is 12.4. The average molecular weight is 337 g/mol. The lowest BCUT2D eigenvalue weighted by Gasteiger charge is -2.23. The van der Waals surface area contributed by atoms with Crippen LogP contribution in [0.3, 0.4) is 0 Å². The summed E-state index contributed by atoms with van der Waals surface area (Å²) in [4.78, 5) is 21.1. The van der Waals surface area contributed by atoms with E-state index in [4.69, 9.17) is 4.74 Å². The van der Waals surface area contributed by atoms with E-state index in [0.29, 0.717) is 35.6 Å². The molecule has 0 unspecified atom stereocenters. The molecule has 3 heterocycles. The van der Waals surface area contributed by atoms with Crippen molar-refractivity contribution < 1.29 is 13.2 Å². The minimum atomic E-state index is -2.95. The molecule has 0 N–H and O–H groups in total. The van der Waals surface area contributed by atoms with Gasteiger partial charge < -0.3 is 4.74 Å². The average Bonchev–Trinajstić information content (AvgIpc) is 2.52. The summed E-state index contributed by atoms with van der Waals surface area (Å²) in [6.07, 6.45) is 1.04. The third kappa shape index (κ3) is 2.83. The second-order valence-corrected chi connectivity index (χ2v) is 8.21. The molecule has 1 saturated heterocycles. The van der Waals surface area contributed by atoms with Crippen molar-refractivity contribution >= 4 is 20.9 Å². The van der Waals surface area contributed by atoms with E-state index in [-0.39, 0.29) is 23.0 Å². The van der Waals surface area contributed by atoms with Gasteiger partial charge in [0.05, 0.1) is 24.0 Å². The van der Waals surface area contributed by atoms with E-state index < -0.39 is 9.84 Å². The van der Waals surface area contributed by atoms with E-state index in [0.717, 1.165) is 5.56 Å². The van der Waals surface area contributed by atoms with Crippen LogP contribution >= 0.6 is 0 Å². The number of nitrogens with zero attached hydrogens (tertiary/aromatic N) is 3. The maximum atomic E-state index is 12.4. The number of pyridine rings is 1. The monoisotopic (exact) mass is 337 g/mol. The Morgan fingerprint density at radius 3 is 2.52 bits per heavy atom. The summed E-state index contributed by atoms with van der Waals surface area (Å²) in [7, 11) is 0.241. The van der Waals surface area contributed by atoms with Crippen molar-refractivity contribution in [1.82, 2.24) is 14.5 Å². The Balaban J connectivity index is 2.15. The molecule has 2 aromatic rings. The van der Waals surface area contributed by atoms with Gasteiger partial charge in [-0.2, -0.15) is 4.98 Å². The molecule has 0 aliphatic carbocycles. The molecule has 0 amide bonds. The van der Waals surface area contributed by atoms with E-state index in [9.17, 15) is 13.2 Å². The molecular formula is C15H19N3O4S. The molecule has 3 rings (SSSR count). The summed E-state index contributed by atoms with van der Waals surface area (Å²) in [6, 6.07) is 1.76. The zero-order valence-electron chi connectivity index (χ0n) is 13.4. The van der Waals surface area contributed by atoms with Crippen molar-refractivity contribution in [3.8, 4) is 5.88 Å². The predicted molar refractivity (Wildman–Crippen MR) is 86.7 cm³/mol. The van der Waals surface area contributed by atoms with Crippen molar-refractivity contribution in [2.45, 2.75) is 25.7 Å². The minimum absolute atomic E-state index is 0.0244. The van der Waals surface area contributed by atoms with Crippen LogP contribution in [0.4, 0.5) is 0 Å². The van der Waals surface area contributed by atoms with Crippen molar-refractivity contribution in [3.05, 3.63) is 27.8 Å². The first-order valence-electron chi connectivity index (χ1n) is 7.45. The van der Waals surface area contributed by atoms with Crippen LogP contribution in [0, 0.1) is 6.92 Å². The molecule has 0 spiro atoms. The van der Waals surface area contributed by atoms with E-state index in [1.165, 1.54) is 11.7 Å². The Morgan fingerprint density at radius 1 is 1.26 bits per heavy atom. The Hall–Kier alpha value is -1.96. The minimum Gasteiger partial charge on any atom is -0.481 e. The molecule has 1 fully saturated rings. The predicted octanol–water partition coefficient (Wildman–Crippen LogP) is 0.938. The molecule has 0 bridgehead atoms. The highest BCUT2D eigenvalue weighted by molar-refractivity contribution is 7.91. The molecule has 8 heteroatoms. The number of hydrogen-bond donors (Lipinski definition) is 0. The molecule has 0 aromatic carbocycles. The van der Waals surface area contributed by atoms with Crippen molar-refractivity contribution in [1.29, 1.82) is 0 Å². The molecule has 0 atom stereocenters. The van der Waals surface area contributed by atoms with Gasteiger partial charge in [-0.05, 0) is 31.7 Å². The SMILES string of the molecule is COc1nc2nc(C)n(C)c(=O)c2cc1C1CCS(=O)(=O)CC1. The van der Waals surface area contributed by atoms with Gasteiger partial charge in [0.25, 0.3) is 5.56 Å². The van der Waals surface area contributed by atoms with Crippen molar-refractivity contribution in [2.24, 2.45) is 7.05 Å². The van der Waals surface area contributed by atoms with Gasteiger partial charge in [0.2, 0.25) is 5.88 Å². The Labute approximate surface area is 134 Å². The number of rotatable bonds is 2. The van der Waals surface area contributed by atoms with Crippen molar-refractivity contribution in [2.75, 3.05) is 18.6 Å². The third-order valence-electron chi connectivity index (χ3n) is 4.47. The lowest BCUT2D eigenvalue weighted by Crippen LogP contribution is -2.24. The van der Waals surface area contributed by atoms with E-state index >= 15 is 0 Å². The summed E-state index contributed by atoms with van der Waals surface area (Å²) in [5, 5.41) is 0.433. The number of aryl methyl sites for hydroxylation is 1. The quantitative estimate of drug-likeness (QED) is 0.810. The van der Waals surface area contributed by atoms with Crippen LogP contribution < -0.4 is 10.3 Å². The fourth-order valence-corrected chi connectivity index (χ4v) is 4.45. The molecule has 124 valence electrons. The highest BCUT2D eigenvalue weighted by atomic mass is 32.2. The van der Waals surface area contributed by atoms with Gasteiger partial charge >= 0.3 is 0 Å². The summed E-state index contributed by atoms with van der Waals surface area (Å²) >= 11 is 0. The molecule has 7 nitrogen and oxygen atoms in total. The Morgan fingerprint density at radius 2 is 1.91 bits per heavy atom. The number of methoxy groups -OCH3 is 1. The van der Waals surface area contributed by atoms with Crippen LogP contribution in [-0.4, -0.2) is 41.6 Å². The molecule has 1 aliphatic heterocycles. The number of sulfone groups is 1.